The van der Waals surface area contributed by atoms with E-state index >= 15 is 0 Å². The third-order valence-electron chi connectivity index (χ3n) is 6.95. The lowest BCUT2D eigenvalue weighted by Gasteiger charge is -2.34. The Balaban J connectivity index is 1.16. The molecule has 1 aliphatic rings. The number of aromatic nitrogens is 1. The van der Waals surface area contributed by atoms with E-state index in [9.17, 15) is 14.0 Å². The van der Waals surface area contributed by atoms with Gasteiger partial charge in [-0.15, -0.1) is 0 Å². The van der Waals surface area contributed by atoms with Crippen molar-refractivity contribution < 1.29 is 14.0 Å². The summed E-state index contributed by atoms with van der Waals surface area (Å²) in [7, 11) is 0. The van der Waals surface area contributed by atoms with Crippen molar-refractivity contribution in [3.8, 4) is 17.3 Å². The highest BCUT2D eigenvalue weighted by Gasteiger charge is 2.22. The van der Waals surface area contributed by atoms with E-state index in [4.69, 9.17) is 5.26 Å². The summed E-state index contributed by atoms with van der Waals surface area (Å²) in [6.45, 7) is 3.79. The van der Waals surface area contributed by atoms with Gasteiger partial charge >= 0.3 is 0 Å². The monoisotopic (exact) mass is 533 g/mol. The third-order valence-corrected chi connectivity index (χ3v) is 6.95. The third kappa shape index (κ3) is 6.57. The number of benzene rings is 3. The second-order valence-corrected chi connectivity index (χ2v) is 9.70. The molecule has 0 aliphatic carbocycles. The SMILES string of the molecule is N#Cc1ccc(CNC(=O)c2cccc(-c3ccc(C(=O)N4CCN(Cc5ccc(F)cc5)CC4)cn3)c2)cc1. The maximum Gasteiger partial charge on any atom is 0.255 e. The van der Waals surface area contributed by atoms with E-state index in [0.717, 1.165) is 36.3 Å². The van der Waals surface area contributed by atoms with E-state index in [2.05, 4.69) is 21.3 Å². The molecular formula is C32H28FN5O2. The van der Waals surface area contributed by atoms with Crippen molar-refractivity contribution in [1.82, 2.24) is 20.1 Å². The minimum atomic E-state index is -0.243. The number of amides is 2. The molecule has 4 aromatic rings. The predicted octanol–water partition coefficient (Wildman–Crippen LogP) is 4.65. The van der Waals surface area contributed by atoms with Crippen LogP contribution in [0, 0.1) is 17.1 Å². The summed E-state index contributed by atoms with van der Waals surface area (Å²) in [6, 6.07) is 26.4. The number of carbonyl (C=O) groups is 2. The van der Waals surface area contributed by atoms with Gasteiger partial charge in [-0.3, -0.25) is 19.5 Å². The Hall–Kier alpha value is -4.87. The molecule has 0 bridgehead atoms. The highest BCUT2D eigenvalue weighted by Crippen LogP contribution is 2.20. The molecule has 1 aliphatic heterocycles. The van der Waals surface area contributed by atoms with Crippen LogP contribution >= 0.6 is 0 Å². The molecule has 0 saturated carbocycles. The van der Waals surface area contributed by atoms with E-state index in [1.54, 1.807) is 60.8 Å². The van der Waals surface area contributed by atoms with Crippen molar-refractivity contribution >= 4 is 11.8 Å². The number of nitrogens with one attached hydrogen (secondary N) is 1. The Morgan fingerprint density at radius 3 is 2.27 bits per heavy atom. The van der Waals surface area contributed by atoms with Gasteiger partial charge in [-0.1, -0.05) is 36.4 Å². The number of hydrogen-bond acceptors (Lipinski definition) is 5. The number of nitrogens with zero attached hydrogens (tertiary/aromatic N) is 4. The number of pyridine rings is 1. The van der Waals surface area contributed by atoms with Gasteiger partial charge in [0.2, 0.25) is 0 Å². The number of halogens is 1. The Morgan fingerprint density at radius 1 is 0.875 bits per heavy atom. The van der Waals surface area contributed by atoms with Gasteiger partial charge in [0, 0.05) is 56.6 Å². The molecule has 8 heteroatoms. The summed E-state index contributed by atoms with van der Waals surface area (Å²) in [4.78, 5) is 34.4. The Kier molecular flexibility index (Phi) is 8.24. The van der Waals surface area contributed by atoms with E-state index in [0.29, 0.717) is 42.0 Å². The zero-order valence-electron chi connectivity index (χ0n) is 21.9. The molecule has 200 valence electrons. The largest absolute Gasteiger partial charge is 0.348 e. The fraction of sp³-hybridized carbons (Fsp3) is 0.188. The molecular weight excluding hydrogens is 505 g/mol. The van der Waals surface area contributed by atoms with Crippen molar-refractivity contribution in [2.75, 3.05) is 26.2 Å². The molecule has 0 unspecified atom stereocenters. The standard InChI is InChI=1S/C32H28FN5O2/c33-29-11-8-25(9-12-29)22-37-14-16-38(17-15-37)32(40)28-10-13-30(35-21-28)26-2-1-3-27(18-26)31(39)36-20-24-6-4-23(19-34)5-7-24/h1-13,18,21H,14-17,20,22H2,(H,36,39). The smallest absolute Gasteiger partial charge is 0.255 e. The van der Waals surface area contributed by atoms with E-state index < -0.39 is 0 Å². The zero-order chi connectivity index (χ0) is 27.9. The van der Waals surface area contributed by atoms with Crippen LogP contribution in [0.25, 0.3) is 11.3 Å². The average molecular weight is 534 g/mol. The van der Waals surface area contributed by atoms with Crippen molar-refractivity contribution in [1.29, 1.82) is 5.26 Å². The normalized spacial score (nSPS) is 13.4. The van der Waals surface area contributed by atoms with Gasteiger partial charge < -0.3 is 10.2 Å². The van der Waals surface area contributed by atoms with Crippen molar-refractivity contribution in [2.24, 2.45) is 0 Å². The Labute approximate surface area is 232 Å². The molecule has 0 radical (unpaired) electrons. The Bertz CT molecular complexity index is 1520. The van der Waals surface area contributed by atoms with Gasteiger partial charge in [-0.05, 0) is 59.7 Å². The molecule has 2 amide bonds. The quantitative estimate of drug-likeness (QED) is 0.374. The van der Waals surface area contributed by atoms with E-state index in [-0.39, 0.29) is 17.6 Å². The van der Waals surface area contributed by atoms with Gasteiger partial charge in [-0.2, -0.15) is 5.26 Å². The molecule has 1 fully saturated rings. The number of hydrogen-bond donors (Lipinski definition) is 1. The molecule has 1 aromatic heterocycles. The summed E-state index contributed by atoms with van der Waals surface area (Å²) in [5.74, 6) is -0.513. The van der Waals surface area contributed by atoms with Crippen LogP contribution in [0.1, 0.15) is 37.4 Å². The predicted molar refractivity (Wildman–Crippen MR) is 150 cm³/mol. The highest BCUT2D eigenvalue weighted by molar-refractivity contribution is 5.96. The van der Waals surface area contributed by atoms with Crippen molar-refractivity contribution in [3.05, 3.63) is 125 Å². The number of carbonyl (C=O) groups excluding carboxylic acids is 2. The molecule has 1 saturated heterocycles. The highest BCUT2D eigenvalue weighted by atomic mass is 19.1. The van der Waals surface area contributed by atoms with E-state index in [1.165, 1.54) is 12.1 Å². The summed E-state index contributed by atoms with van der Waals surface area (Å²) >= 11 is 0. The van der Waals surface area contributed by atoms with Crippen LogP contribution < -0.4 is 5.32 Å². The lowest BCUT2D eigenvalue weighted by atomic mass is 10.1. The maximum atomic E-state index is 13.2. The topological polar surface area (TPSA) is 89.3 Å². The lowest BCUT2D eigenvalue weighted by molar-refractivity contribution is 0.0628. The molecule has 2 heterocycles. The first kappa shape index (κ1) is 26.7. The molecule has 0 spiro atoms. The van der Waals surface area contributed by atoms with Crippen LogP contribution in [0.4, 0.5) is 4.39 Å². The maximum absolute atomic E-state index is 13.2. The van der Waals surface area contributed by atoms with Gasteiger partial charge in [0.05, 0.1) is 22.9 Å². The van der Waals surface area contributed by atoms with Gasteiger partial charge in [0.25, 0.3) is 11.8 Å². The first-order valence-electron chi connectivity index (χ1n) is 13.1. The fourth-order valence-electron chi connectivity index (χ4n) is 4.63. The van der Waals surface area contributed by atoms with Gasteiger partial charge in [-0.25, -0.2) is 4.39 Å². The number of rotatable bonds is 7. The summed E-state index contributed by atoms with van der Waals surface area (Å²) < 4.78 is 13.2. The van der Waals surface area contributed by atoms with Crippen molar-refractivity contribution in [2.45, 2.75) is 13.1 Å². The molecule has 1 N–H and O–H groups in total. The molecule has 5 rings (SSSR count). The van der Waals surface area contributed by atoms with Crippen LogP contribution in [-0.2, 0) is 13.1 Å². The van der Waals surface area contributed by atoms with Gasteiger partial charge in [0.15, 0.2) is 0 Å². The van der Waals surface area contributed by atoms with Crippen LogP contribution in [-0.4, -0.2) is 52.8 Å². The minimum absolute atomic E-state index is 0.0589. The molecule has 7 nitrogen and oxygen atoms in total. The van der Waals surface area contributed by atoms with E-state index in [1.807, 2.05) is 23.1 Å². The molecule has 0 atom stereocenters. The average Bonchev–Trinajstić information content (AvgIpc) is 3.01. The summed E-state index contributed by atoms with van der Waals surface area (Å²) in [5.41, 5.74) is 5.00. The van der Waals surface area contributed by atoms with Crippen LogP contribution in [0.5, 0.6) is 0 Å². The molecule has 3 aromatic carbocycles. The first-order valence-corrected chi connectivity index (χ1v) is 13.1. The van der Waals surface area contributed by atoms with Crippen LogP contribution in [0.15, 0.2) is 91.1 Å². The van der Waals surface area contributed by atoms with Crippen molar-refractivity contribution in [3.63, 3.8) is 0 Å². The lowest BCUT2D eigenvalue weighted by Crippen LogP contribution is -2.48. The second kappa shape index (κ2) is 12.3. The Morgan fingerprint density at radius 2 is 1.60 bits per heavy atom. The molecule has 40 heavy (non-hydrogen) atoms. The number of nitriles is 1. The zero-order valence-corrected chi connectivity index (χ0v) is 21.9. The van der Waals surface area contributed by atoms with Gasteiger partial charge in [0.1, 0.15) is 5.82 Å². The fourth-order valence-corrected chi connectivity index (χ4v) is 4.63. The minimum Gasteiger partial charge on any atom is -0.348 e. The first-order chi connectivity index (χ1) is 19.5. The van der Waals surface area contributed by atoms with Crippen LogP contribution in [0.2, 0.25) is 0 Å². The second-order valence-electron chi connectivity index (χ2n) is 9.70. The number of piperazine rings is 1. The van der Waals surface area contributed by atoms with Crippen LogP contribution in [0.3, 0.4) is 0 Å². The summed E-state index contributed by atoms with van der Waals surface area (Å²) in [6.07, 6.45) is 1.58. The summed E-state index contributed by atoms with van der Waals surface area (Å²) in [5, 5.41) is 11.8.